The highest BCUT2D eigenvalue weighted by Crippen LogP contribution is 2.16. The van der Waals surface area contributed by atoms with Gasteiger partial charge in [0.25, 0.3) is 0 Å². The SMILES string of the molecule is O=Cc1c[nH]c2nc(Cl)ccc12. The highest BCUT2D eigenvalue weighted by Gasteiger charge is 2.02. The van der Waals surface area contributed by atoms with Crippen LogP contribution in [0.3, 0.4) is 0 Å². The molecule has 0 bridgehead atoms. The van der Waals surface area contributed by atoms with E-state index >= 15 is 0 Å². The topological polar surface area (TPSA) is 45.8 Å². The van der Waals surface area contributed by atoms with E-state index in [4.69, 9.17) is 11.6 Å². The van der Waals surface area contributed by atoms with Crippen LogP contribution in [0.1, 0.15) is 10.4 Å². The Balaban J connectivity index is 2.81. The van der Waals surface area contributed by atoms with Gasteiger partial charge in [0.15, 0.2) is 6.29 Å². The molecule has 2 aromatic rings. The Morgan fingerprint density at radius 3 is 3.08 bits per heavy atom. The van der Waals surface area contributed by atoms with Gasteiger partial charge in [-0.25, -0.2) is 4.98 Å². The highest BCUT2D eigenvalue weighted by atomic mass is 35.5. The van der Waals surface area contributed by atoms with Gasteiger partial charge >= 0.3 is 0 Å². The molecular formula is C8H5ClN2O. The maximum atomic E-state index is 10.5. The third kappa shape index (κ3) is 0.987. The number of halogens is 1. The predicted molar refractivity (Wildman–Crippen MR) is 46.5 cm³/mol. The average Bonchev–Trinajstić information content (AvgIpc) is 2.46. The van der Waals surface area contributed by atoms with Crippen molar-refractivity contribution >= 4 is 28.9 Å². The first-order valence-corrected chi connectivity index (χ1v) is 3.78. The molecule has 0 fully saturated rings. The van der Waals surface area contributed by atoms with E-state index in [0.717, 1.165) is 11.7 Å². The largest absolute Gasteiger partial charge is 0.345 e. The summed E-state index contributed by atoms with van der Waals surface area (Å²) in [4.78, 5) is 17.3. The molecule has 0 aliphatic carbocycles. The van der Waals surface area contributed by atoms with Crippen molar-refractivity contribution in [2.75, 3.05) is 0 Å². The number of hydrogen-bond acceptors (Lipinski definition) is 2. The van der Waals surface area contributed by atoms with Crippen LogP contribution in [0.4, 0.5) is 0 Å². The fourth-order valence-corrected chi connectivity index (χ4v) is 1.25. The Morgan fingerprint density at radius 2 is 2.33 bits per heavy atom. The van der Waals surface area contributed by atoms with Gasteiger partial charge in [0.1, 0.15) is 10.8 Å². The van der Waals surface area contributed by atoms with Crippen LogP contribution in [0.15, 0.2) is 18.3 Å². The van der Waals surface area contributed by atoms with E-state index in [1.165, 1.54) is 0 Å². The average molecular weight is 181 g/mol. The smallest absolute Gasteiger partial charge is 0.152 e. The summed E-state index contributed by atoms with van der Waals surface area (Å²) < 4.78 is 0. The lowest BCUT2D eigenvalue weighted by atomic mass is 10.2. The molecule has 3 nitrogen and oxygen atoms in total. The number of H-pyrrole nitrogens is 1. The van der Waals surface area contributed by atoms with Gasteiger partial charge in [-0.3, -0.25) is 4.79 Å². The molecule has 0 aliphatic heterocycles. The molecule has 0 amide bonds. The van der Waals surface area contributed by atoms with Crippen LogP contribution in [0.25, 0.3) is 11.0 Å². The quantitative estimate of drug-likeness (QED) is 0.539. The molecule has 1 N–H and O–H groups in total. The van der Waals surface area contributed by atoms with Crippen molar-refractivity contribution < 1.29 is 4.79 Å². The molecule has 0 aromatic carbocycles. The first-order valence-electron chi connectivity index (χ1n) is 3.40. The van der Waals surface area contributed by atoms with Crippen molar-refractivity contribution in [3.8, 4) is 0 Å². The number of carbonyl (C=O) groups excluding carboxylic acids is 1. The van der Waals surface area contributed by atoms with Gasteiger partial charge in [-0.05, 0) is 12.1 Å². The normalized spacial score (nSPS) is 10.4. The molecule has 0 saturated heterocycles. The number of pyridine rings is 1. The molecular weight excluding hydrogens is 176 g/mol. The number of nitrogens with one attached hydrogen (secondary N) is 1. The first-order chi connectivity index (χ1) is 5.81. The molecule has 0 spiro atoms. The van der Waals surface area contributed by atoms with Crippen molar-refractivity contribution in [1.82, 2.24) is 9.97 Å². The monoisotopic (exact) mass is 180 g/mol. The van der Waals surface area contributed by atoms with Crippen LogP contribution >= 0.6 is 11.6 Å². The van der Waals surface area contributed by atoms with E-state index in [1.807, 2.05) is 0 Å². The van der Waals surface area contributed by atoms with Crippen LogP contribution in [-0.2, 0) is 0 Å². The molecule has 0 aliphatic rings. The van der Waals surface area contributed by atoms with E-state index in [2.05, 4.69) is 9.97 Å². The minimum absolute atomic E-state index is 0.418. The molecule has 2 heterocycles. The van der Waals surface area contributed by atoms with Crippen LogP contribution < -0.4 is 0 Å². The fourth-order valence-electron chi connectivity index (χ4n) is 1.10. The minimum atomic E-state index is 0.418. The van der Waals surface area contributed by atoms with Gasteiger partial charge in [0, 0.05) is 17.1 Å². The van der Waals surface area contributed by atoms with E-state index in [9.17, 15) is 4.79 Å². The van der Waals surface area contributed by atoms with Gasteiger partial charge in [-0.2, -0.15) is 0 Å². The minimum Gasteiger partial charge on any atom is -0.345 e. The Hall–Kier alpha value is -1.35. The number of fused-ring (bicyclic) bond motifs is 1. The van der Waals surface area contributed by atoms with Gasteiger partial charge < -0.3 is 4.98 Å². The second-order valence-electron chi connectivity index (χ2n) is 2.39. The van der Waals surface area contributed by atoms with Gasteiger partial charge in [0.2, 0.25) is 0 Å². The Bertz CT molecular complexity index is 436. The second-order valence-corrected chi connectivity index (χ2v) is 2.78. The van der Waals surface area contributed by atoms with Crippen molar-refractivity contribution in [1.29, 1.82) is 0 Å². The van der Waals surface area contributed by atoms with Crippen molar-refractivity contribution in [3.63, 3.8) is 0 Å². The van der Waals surface area contributed by atoms with Gasteiger partial charge in [-0.1, -0.05) is 11.6 Å². The molecule has 0 saturated carbocycles. The molecule has 2 rings (SSSR count). The second kappa shape index (κ2) is 2.60. The van der Waals surface area contributed by atoms with Crippen LogP contribution in [-0.4, -0.2) is 16.3 Å². The zero-order chi connectivity index (χ0) is 8.55. The van der Waals surface area contributed by atoms with Crippen molar-refractivity contribution in [3.05, 3.63) is 29.0 Å². The summed E-state index contributed by atoms with van der Waals surface area (Å²) in [6, 6.07) is 3.43. The number of aromatic nitrogens is 2. The zero-order valence-corrected chi connectivity index (χ0v) is 6.80. The Morgan fingerprint density at radius 1 is 1.50 bits per heavy atom. The Kier molecular flexibility index (Phi) is 1.59. The molecule has 60 valence electrons. The zero-order valence-electron chi connectivity index (χ0n) is 6.04. The first kappa shape index (κ1) is 7.31. The molecule has 0 unspecified atom stereocenters. The number of nitrogens with zero attached hydrogens (tertiary/aromatic N) is 1. The predicted octanol–water partition coefficient (Wildman–Crippen LogP) is 2.03. The standard InChI is InChI=1S/C8H5ClN2O/c9-7-2-1-6-5(4-12)3-10-8(6)11-7/h1-4H,(H,10,11). The molecule has 12 heavy (non-hydrogen) atoms. The third-order valence-corrected chi connectivity index (χ3v) is 1.87. The van der Waals surface area contributed by atoms with Crippen LogP contribution in [0, 0.1) is 0 Å². The Labute approximate surface area is 73.4 Å². The molecule has 2 aromatic heterocycles. The summed E-state index contributed by atoms with van der Waals surface area (Å²) in [6.45, 7) is 0. The summed E-state index contributed by atoms with van der Waals surface area (Å²) in [7, 11) is 0. The van der Waals surface area contributed by atoms with Gasteiger partial charge in [0.05, 0.1) is 0 Å². The number of hydrogen-bond donors (Lipinski definition) is 1. The number of aldehydes is 1. The summed E-state index contributed by atoms with van der Waals surface area (Å²) >= 11 is 5.65. The number of aromatic amines is 1. The maximum Gasteiger partial charge on any atom is 0.152 e. The van der Waals surface area contributed by atoms with E-state index in [-0.39, 0.29) is 0 Å². The fraction of sp³-hybridized carbons (Fsp3) is 0. The maximum absolute atomic E-state index is 10.5. The summed E-state index contributed by atoms with van der Waals surface area (Å²) in [5, 5.41) is 1.22. The lowest BCUT2D eigenvalue weighted by Gasteiger charge is -1.89. The number of rotatable bonds is 1. The lowest BCUT2D eigenvalue weighted by molar-refractivity contribution is 0.112. The summed E-state index contributed by atoms with van der Waals surface area (Å²) in [5.41, 5.74) is 1.25. The van der Waals surface area contributed by atoms with Crippen LogP contribution in [0.5, 0.6) is 0 Å². The summed E-state index contributed by atoms with van der Waals surface area (Å²) in [5.74, 6) is 0. The molecule has 4 heteroatoms. The number of carbonyl (C=O) groups is 1. The van der Waals surface area contributed by atoms with E-state index < -0.39 is 0 Å². The van der Waals surface area contributed by atoms with Crippen molar-refractivity contribution in [2.45, 2.75) is 0 Å². The van der Waals surface area contributed by atoms with Crippen molar-refractivity contribution in [2.24, 2.45) is 0 Å². The highest BCUT2D eigenvalue weighted by molar-refractivity contribution is 6.29. The van der Waals surface area contributed by atoms with E-state index in [0.29, 0.717) is 16.4 Å². The molecule has 0 radical (unpaired) electrons. The third-order valence-electron chi connectivity index (χ3n) is 1.66. The lowest BCUT2D eigenvalue weighted by Crippen LogP contribution is -1.78. The molecule has 0 atom stereocenters. The van der Waals surface area contributed by atoms with Gasteiger partial charge in [-0.15, -0.1) is 0 Å². The van der Waals surface area contributed by atoms with E-state index in [1.54, 1.807) is 18.3 Å². The summed E-state index contributed by atoms with van der Waals surface area (Å²) in [6.07, 6.45) is 2.40. The van der Waals surface area contributed by atoms with Crippen LogP contribution in [0.2, 0.25) is 5.15 Å².